The summed E-state index contributed by atoms with van der Waals surface area (Å²) in [6.07, 6.45) is 8.15. The second-order valence-electron chi connectivity index (χ2n) is 9.09. The summed E-state index contributed by atoms with van der Waals surface area (Å²) in [5, 5.41) is 5.73. The van der Waals surface area contributed by atoms with Crippen molar-refractivity contribution in [3.8, 4) is 0 Å². The van der Waals surface area contributed by atoms with E-state index in [4.69, 9.17) is 10.7 Å². The number of aliphatic imine (C=N–C) groups is 1. The van der Waals surface area contributed by atoms with Crippen molar-refractivity contribution in [3.63, 3.8) is 0 Å². The molecule has 3 rings (SSSR count). The van der Waals surface area contributed by atoms with Gasteiger partial charge in [0.2, 0.25) is 0 Å². The summed E-state index contributed by atoms with van der Waals surface area (Å²) in [5.74, 6) is -0.568. The monoisotopic (exact) mass is 510 g/mol. The number of nitrogens with zero attached hydrogens (tertiary/aromatic N) is 2. The molecule has 4 N–H and O–H groups in total. The molecule has 0 aromatic heterocycles. The van der Waals surface area contributed by atoms with Gasteiger partial charge in [-0.2, -0.15) is 0 Å². The average Bonchev–Trinajstić information content (AvgIpc) is 3.46. The van der Waals surface area contributed by atoms with Crippen molar-refractivity contribution in [3.05, 3.63) is 90.2 Å². The second kappa shape index (κ2) is 14.7. The number of hydrogen-bond acceptors (Lipinski definition) is 5. The van der Waals surface area contributed by atoms with Gasteiger partial charge in [-0.3, -0.25) is 14.6 Å². The molecule has 2 aromatic rings. The zero-order chi connectivity index (χ0) is 27.3. The van der Waals surface area contributed by atoms with Crippen LogP contribution >= 0.6 is 0 Å². The molecule has 8 heteroatoms. The van der Waals surface area contributed by atoms with Gasteiger partial charge in [-0.05, 0) is 74.3 Å². The van der Waals surface area contributed by atoms with E-state index in [1.165, 1.54) is 12.8 Å². The van der Waals surface area contributed by atoms with Gasteiger partial charge in [-0.15, -0.1) is 0 Å². The van der Waals surface area contributed by atoms with Crippen LogP contribution < -0.4 is 21.8 Å². The molecule has 0 atom stereocenters. The zero-order valence-corrected chi connectivity index (χ0v) is 22.4. The Labute approximate surface area is 226 Å². The first-order chi connectivity index (χ1) is 18.4. The number of rotatable bonds is 12. The molecule has 0 aliphatic carbocycles. The Bertz CT molecular complexity index is 1210. The Kier molecular flexibility index (Phi) is 11.1. The first-order valence-electron chi connectivity index (χ1n) is 13.1. The normalized spacial score (nSPS) is 14.7. The molecule has 1 aliphatic heterocycles. The SMILES string of the molecule is C=C\C=C(/N=C(/C=C(\N)C(=O)Nc1ccc(C(=O)NCCN2CCCC2)cc1)CC)c1cccc([B]C)c1. The molecule has 1 saturated heterocycles. The molecule has 1 heterocycles. The fourth-order valence-corrected chi connectivity index (χ4v) is 4.14. The van der Waals surface area contributed by atoms with Crippen LogP contribution in [-0.2, 0) is 4.79 Å². The Morgan fingerprint density at radius 3 is 2.53 bits per heavy atom. The summed E-state index contributed by atoms with van der Waals surface area (Å²) in [7, 11) is 2.02. The minimum atomic E-state index is -0.439. The van der Waals surface area contributed by atoms with Crippen molar-refractivity contribution < 1.29 is 9.59 Å². The lowest BCUT2D eigenvalue weighted by molar-refractivity contribution is -0.112. The van der Waals surface area contributed by atoms with E-state index in [1.54, 1.807) is 36.4 Å². The topological polar surface area (TPSA) is 99.8 Å². The number of anilines is 1. The summed E-state index contributed by atoms with van der Waals surface area (Å²) in [6.45, 7) is 11.4. The minimum Gasteiger partial charge on any atom is -0.394 e. The lowest BCUT2D eigenvalue weighted by atomic mass is 9.73. The largest absolute Gasteiger partial charge is 0.394 e. The highest BCUT2D eigenvalue weighted by molar-refractivity contribution is 6.51. The van der Waals surface area contributed by atoms with Crippen molar-refractivity contribution in [2.45, 2.75) is 33.0 Å². The van der Waals surface area contributed by atoms with Gasteiger partial charge >= 0.3 is 0 Å². The van der Waals surface area contributed by atoms with Gasteiger partial charge in [0.1, 0.15) is 7.28 Å². The molecule has 197 valence electrons. The van der Waals surface area contributed by atoms with Crippen LogP contribution in [0.3, 0.4) is 0 Å². The maximum atomic E-state index is 12.7. The van der Waals surface area contributed by atoms with Gasteiger partial charge in [-0.25, -0.2) is 0 Å². The number of likely N-dealkylation sites (tertiary alicyclic amines) is 1. The highest BCUT2D eigenvalue weighted by Gasteiger charge is 2.13. The maximum absolute atomic E-state index is 12.7. The number of carbonyl (C=O) groups excluding carboxylic acids is 2. The molecule has 2 aromatic carbocycles. The fourth-order valence-electron chi connectivity index (χ4n) is 4.14. The highest BCUT2D eigenvalue weighted by Crippen LogP contribution is 2.17. The lowest BCUT2D eigenvalue weighted by Gasteiger charge is -2.14. The van der Waals surface area contributed by atoms with E-state index in [0.717, 1.165) is 36.4 Å². The van der Waals surface area contributed by atoms with Crippen LogP contribution in [-0.4, -0.2) is 55.9 Å². The number of amides is 2. The molecule has 0 saturated carbocycles. The molecule has 0 spiro atoms. The van der Waals surface area contributed by atoms with E-state index >= 15 is 0 Å². The van der Waals surface area contributed by atoms with Crippen LogP contribution in [0.4, 0.5) is 5.69 Å². The van der Waals surface area contributed by atoms with Crippen molar-refractivity contribution in [1.29, 1.82) is 0 Å². The number of benzene rings is 2. The third-order valence-electron chi connectivity index (χ3n) is 6.32. The summed E-state index contributed by atoms with van der Waals surface area (Å²) < 4.78 is 0. The van der Waals surface area contributed by atoms with Gasteiger partial charge in [0.15, 0.2) is 0 Å². The Balaban J connectivity index is 1.62. The van der Waals surface area contributed by atoms with Crippen LogP contribution in [0.2, 0.25) is 6.82 Å². The Morgan fingerprint density at radius 2 is 1.87 bits per heavy atom. The molecule has 38 heavy (non-hydrogen) atoms. The van der Waals surface area contributed by atoms with Gasteiger partial charge in [-0.1, -0.05) is 56.1 Å². The average molecular weight is 510 g/mol. The van der Waals surface area contributed by atoms with Crippen molar-refractivity contribution in [1.82, 2.24) is 10.2 Å². The molecule has 7 nitrogen and oxygen atoms in total. The molecule has 1 fully saturated rings. The molecular weight excluding hydrogens is 473 g/mol. The van der Waals surface area contributed by atoms with Gasteiger partial charge < -0.3 is 21.3 Å². The summed E-state index contributed by atoms with van der Waals surface area (Å²) >= 11 is 0. The molecule has 1 aliphatic rings. The summed E-state index contributed by atoms with van der Waals surface area (Å²) in [6, 6.07) is 14.8. The predicted molar refractivity (Wildman–Crippen MR) is 159 cm³/mol. The van der Waals surface area contributed by atoms with E-state index in [9.17, 15) is 9.59 Å². The predicted octanol–water partition coefficient (Wildman–Crippen LogP) is 3.75. The Hall–Kier alpha value is -3.91. The van der Waals surface area contributed by atoms with Crippen LogP contribution in [0.15, 0.2) is 84.0 Å². The van der Waals surface area contributed by atoms with Crippen molar-refractivity contribution in [2.75, 3.05) is 31.5 Å². The fraction of sp³-hybridized carbons (Fsp3) is 0.300. The molecule has 0 bridgehead atoms. The van der Waals surface area contributed by atoms with E-state index in [0.29, 0.717) is 29.9 Å². The summed E-state index contributed by atoms with van der Waals surface area (Å²) in [5.41, 5.74) is 10.7. The number of allylic oxidation sites excluding steroid dienone is 3. The lowest BCUT2D eigenvalue weighted by Crippen LogP contribution is -2.33. The van der Waals surface area contributed by atoms with Gasteiger partial charge in [0.05, 0.1) is 11.4 Å². The van der Waals surface area contributed by atoms with E-state index in [-0.39, 0.29) is 11.6 Å². The van der Waals surface area contributed by atoms with Crippen LogP contribution in [0.25, 0.3) is 5.70 Å². The van der Waals surface area contributed by atoms with Crippen LogP contribution in [0.1, 0.15) is 42.1 Å². The molecule has 0 unspecified atom stereocenters. The highest BCUT2D eigenvalue weighted by atomic mass is 16.2. The first-order valence-corrected chi connectivity index (χ1v) is 13.1. The smallest absolute Gasteiger partial charge is 0.271 e. The number of carbonyl (C=O) groups is 2. The molecular formula is C30H37BN5O2. The third-order valence-corrected chi connectivity index (χ3v) is 6.32. The maximum Gasteiger partial charge on any atom is 0.271 e. The number of nitrogens with two attached hydrogens (primary N) is 1. The Morgan fingerprint density at radius 1 is 1.13 bits per heavy atom. The standard InChI is InChI=1S/C30H37BN5O2/c1-4-9-28(23-10-8-11-24(20-23)31-3)34-25(5-2)21-27(32)30(38)35-26-14-12-22(13-15-26)29(37)33-16-19-36-17-6-7-18-36/h4,8-15,20-21H,1,5-7,16-19,32H2,2-3H3,(H,33,37)(H,35,38)/b27-21-,28-9-,34-25+. The van der Waals surface area contributed by atoms with Crippen molar-refractivity contribution >= 4 is 41.7 Å². The van der Waals surface area contributed by atoms with E-state index < -0.39 is 5.91 Å². The van der Waals surface area contributed by atoms with Crippen LogP contribution in [0.5, 0.6) is 0 Å². The van der Waals surface area contributed by atoms with Gasteiger partial charge in [0, 0.05) is 30.1 Å². The quantitative estimate of drug-likeness (QED) is 0.175. The third kappa shape index (κ3) is 8.59. The van der Waals surface area contributed by atoms with Crippen molar-refractivity contribution in [2.24, 2.45) is 10.7 Å². The minimum absolute atomic E-state index is 0.0444. The summed E-state index contributed by atoms with van der Waals surface area (Å²) in [4.78, 5) is 32.3. The molecule has 1 radical (unpaired) electrons. The van der Waals surface area contributed by atoms with Crippen LogP contribution in [0, 0.1) is 0 Å². The first kappa shape index (κ1) is 28.7. The number of nitrogens with one attached hydrogen (secondary N) is 2. The van der Waals surface area contributed by atoms with E-state index in [2.05, 4.69) is 22.1 Å². The van der Waals surface area contributed by atoms with Gasteiger partial charge in [0.25, 0.3) is 11.8 Å². The second-order valence-corrected chi connectivity index (χ2v) is 9.09. The van der Waals surface area contributed by atoms with E-state index in [1.807, 2.05) is 51.4 Å². The zero-order valence-electron chi connectivity index (χ0n) is 22.4. The number of hydrogen-bond donors (Lipinski definition) is 3. The molecule has 2 amide bonds.